The fraction of sp³-hybridized carbons (Fsp3) is 0.447. The van der Waals surface area contributed by atoms with Gasteiger partial charge < -0.3 is 24.6 Å². The van der Waals surface area contributed by atoms with Gasteiger partial charge in [-0.2, -0.15) is 9.97 Å². The topological polar surface area (TPSA) is 176 Å². The second-order valence-corrected chi connectivity index (χ2v) is 21.9. The second-order valence-electron chi connectivity index (χ2n) is 16.2. The summed E-state index contributed by atoms with van der Waals surface area (Å²) >= 11 is 0. The van der Waals surface area contributed by atoms with Crippen molar-refractivity contribution >= 4 is 54.1 Å². The number of aromatic nitrogens is 6. The van der Waals surface area contributed by atoms with Gasteiger partial charge in [0.05, 0.1) is 22.9 Å². The fourth-order valence-electron chi connectivity index (χ4n) is 5.45. The highest BCUT2D eigenvalue weighted by Gasteiger charge is 2.36. The SMILES string of the molecule is Cc1cccc2nc(CCNc3nc(N(C(=O)OC(C)(C)C)C(=O)OC(C)(C)C)nc4c3ncn4COCC[Si](C)(C)C)n(-c3cccc(O)c3)c(=O)c12. The molecular weight excluding hydrogens is 709 g/mol. The van der Waals surface area contributed by atoms with Crippen molar-refractivity contribution in [2.24, 2.45) is 0 Å². The Hall–Kier alpha value is -5.35. The number of carbonyl (C=O) groups is 2. The number of fused-ring (bicyclic) bond motifs is 2. The summed E-state index contributed by atoms with van der Waals surface area (Å²) in [5.41, 5.74) is 0.241. The number of amides is 2. The van der Waals surface area contributed by atoms with Gasteiger partial charge in [0, 0.05) is 33.7 Å². The van der Waals surface area contributed by atoms with Crippen LogP contribution in [0.2, 0.25) is 25.7 Å². The quantitative estimate of drug-likeness (QED) is 0.103. The first-order valence-electron chi connectivity index (χ1n) is 17.8. The zero-order chi connectivity index (χ0) is 39.6. The largest absolute Gasteiger partial charge is 0.508 e. The van der Waals surface area contributed by atoms with Gasteiger partial charge in [0.2, 0.25) is 5.95 Å². The smallest absolute Gasteiger partial charge is 0.427 e. The van der Waals surface area contributed by atoms with Crippen molar-refractivity contribution in [2.75, 3.05) is 23.4 Å². The molecule has 2 N–H and O–H groups in total. The van der Waals surface area contributed by atoms with Crippen LogP contribution in [0.4, 0.5) is 21.4 Å². The van der Waals surface area contributed by atoms with E-state index in [1.54, 1.807) is 70.6 Å². The summed E-state index contributed by atoms with van der Waals surface area (Å²) in [6.45, 7) is 19.6. The molecule has 5 rings (SSSR count). The van der Waals surface area contributed by atoms with Crippen molar-refractivity contribution < 1.29 is 28.9 Å². The maximum atomic E-state index is 14.0. The van der Waals surface area contributed by atoms with Crippen molar-refractivity contribution in [2.45, 2.75) is 98.5 Å². The summed E-state index contributed by atoms with van der Waals surface area (Å²) in [5, 5.41) is 14.0. The molecule has 16 heteroatoms. The van der Waals surface area contributed by atoms with Crippen LogP contribution in [0.5, 0.6) is 5.75 Å². The third-order valence-electron chi connectivity index (χ3n) is 7.94. The van der Waals surface area contributed by atoms with Crippen LogP contribution in [0.25, 0.3) is 27.8 Å². The van der Waals surface area contributed by atoms with E-state index in [0.717, 1.165) is 11.6 Å². The number of benzene rings is 2. The first-order chi connectivity index (χ1) is 25.2. The molecular formula is C38H50N8O7Si. The molecule has 3 heterocycles. The van der Waals surface area contributed by atoms with E-state index >= 15 is 0 Å². The molecule has 0 unspecified atom stereocenters. The molecule has 0 aliphatic heterocycles. The molecule has 0 bridgehead atoms. The molecule has 0 aliphatic carbocycles. The minimum absolute atomic E-state index is 0.00356. The summed E-state index contributed by atoms with van der Waals surface area (Å²) in [7, 11) is -1.36. The number of aromatic hydroxyl groups is 1. The molecule has 0 saturated carbocycles. The zero-order valence-corrected chi connectivity index (χ0v) is 33.7. The minimum atomic E-state index is -1.36. The molecule has 0 aliphatic rings. The predicted octanol–water partition coefficient (Wildman–Crippen LogP) is 7.18. The highest BCUT2D eigenvalue weighted by Crippen LogP contribution is 2.27. The van der Waals surface area contributed by atoms with E-state index < -0.39 is 31.5 Å². The maximum absolute atomic E-state index is 14.0. The molecule has 0 fully saturated rings. The van der Waals surface area contributed by atoms with Crippen LogP contribution in [-0.2, 0) is 27.4 Å². The van der Waals surface area contributed by atoms with Crippen LogP contribution in [0.3, 0.4) is 0 Å². The lowest BCUT2D eigenvalue weighted by molar-refractivity contribution is 0.0427. The Morgan fingerprint density at radius 2 is 1.61 bits per heavy atom. The number of imidazole rings is 1. The van der Waals surface area contributed by atoms with E-state index in [0.29, 0.717) is 45.1 Å². The molecule has 0 spiro atoms. The highest BCUT2D eigenvalue weighted by atomic mass is 28.3. The van der Waals surface area contributed by atoms with E-state index in [1.165, 1.54) is 16.7 Å². The van der Waals surface area contributed by atoms with Gasteiger partial charge in [-0.1, -0.05) is 37.8 Å². The Balaban J connectivity index is 1.57. The standard InChI is InChI=1S/C38H50N8O7Si/c1-24-13-11-16-27-29(24)33(48)45(25-14-12-15-26(47)21-25)28(41-27)17-18-39-31-30-32(44(22-40-30)23-51-19-20-54(8,9)10)43-34(42-31)46(35(49)52-37(2,3)4)36(50)53-38(5,6)7/h11-16,21-22,47H,17-20,23H2,1-10H3,(H,39,42,43). The first-order valence-corrected chi connectivity index (χ1v) is 21.5. The van der Waals surface area contributed by atoms with Gasteiger partial charge in [0.15, 0.2) is 17.0 Å². The lowest BCUT2D eigenvalue weighted by atomic mass is 10.1. The lowest BCUT2D eigenvalue weighted by Crippen LogP contribution is -2.44. The Labute approximate surface area is 315 Å². The van der Waals surface area contributed by atoms with Crippen LogP contribution in [0.1, 0.15) is 52.9 Å². The Bertz CT molecular complexity index is 2200. The van der Waals surface area contributed by atoms with Crippen LogP contribution in [0, 0.1) is 6.92 Å². The van der Waals surface area contributed by atoms with Crippen LogP contribution < -0.4 is 15.8 Å². The van der Waals surface area contributed by atoms with Crippen molar-refractivity contribution in [3.05, 3.63) is 70.5 Å². The summed E-state index contributed by atoms with van der Waals surface area (Å²) in [4.78, 5) is 60.6. The molecule has 0 saturated heterocycles. The van der Waals surface area contributed by atoms with E-state index in [9.17, 15) is 19.5 Å². The number of imide groups is 1. The summed E-state index contributed by atoms with van der Waals surface area (Å²) in [5.74, 6) is 0.334. The summed E-state index contributed by atoms with van der Waals surface area (Å²) in [6.07, 6.45) is -0.269. The minimum Gasteiger partial charge on any atom is -0.508 e. The van der Waals surface area contributed by atoms with Crippen LogP contribution >= 0.6 is 0 Å². The lowest BCUT2D eigenvalue weighted by Gasteiger charge is -2.27. The zero-order valence-electron chi connectivity index (χ0n) is 32.7. The third-order valence-corrected chi connectivity index (χ3v) is 9.64. The molecule has 2 amide bonds. The van der Waals surface area contributed by atoms with E-state index in [-0.39, 0.29) is 42.8 Å². The van der Waals surface area contributed by atoms with Crippen LogP contribution in [-0.4, -0.2) is 78.8 Å². The molecule has 15 nitrogen and oxygen atoms in total. The first kappa shape index (κ1) is 39.8. The summed E-state index contributed by atoms with van der Waals surface area (Å²) < 4.78 is 20.4. The number of hydrogen-bond acceptors (Lipinski definition) is 12. The molecule has 3 aromatic heterocycles. The van der Waals surface area contributed by atoms with Crippen LogP contribution in [0.15, 0.2) is 53.6 Å². The fourth-order valence-corrected chi connectivity index (χ4v) is 6.20. The average molecular weight is 759 g/mol. The van der Waals surface area contributed by atoms with E-state index in [4.69, 9.17) is 19.2 Å². The number of anilines is 2. The van der Waals surface area contributed by atoms with Crippen molar-refractivity contribution in [1.82, 2.24) is 29.1 Å². The molecule has 54 heavy (non-hydrogen) atoms. The van der Waals surface area contributed by atoms with Gasteiger partial charge in [0.1, 0.15) is 29.5 Å². The van der Waals surface area contributed by atoms with Gasteiger partial charge in [0.25, 0.3) is 5.56 Å². The van der Waals surface area contributed by atoms with Crippen molar-refractivity contribution in [3.63, 3.8) is 0 Å². The molecule has 0 radical (unpaired) electrons. The van der Waals surface area contributed by atoms with E-state index in [2.05, 4.69) is 39.9 Å². The normalized spacial score (nSPS) is 12.3. The van der Waals surface area contributed by atoms with Gasteiger partial charge in [-0.15, -0.1) is 4.90 Å². The number of rotatable bonds is 11. The number of nitrogens with zero attached hydrogens (tertiary/aromatic N) is 7. The Morgan fingerprint density at radius 3 is 2.24 bits per heavy atom. The average Bonchev–Trinajstić information content (AvgIpc) is 3.44. The van der Waals surface area contributed by atoms with Crippen molar-refractivity contribution in [1.29, 1.82) is 0 Å². The third kappa shape index (κ3) is 9.79. The van der Waals surface area contributed by atoms with Gasteiger partial charge in [-0.25, -0.2) is 19.6 Å². The predicted molar refractivity (Wildman–Crippen MR) is 210 cm³/mol. The van der Waals surface area contributed by atoms with E-state index in [1.807, 2.05) is 19.1 Å². The van der Waals surface area contributed by atoms with Crippen molar-refractivity contribution in [3.8, 4) is 11.4 Å². The number of phenolic OH excluding ortho intramolecular Hbond substituents is 1. The number of nitrogens with one attached hydrogen (secondary N) is 1. The molecule has 288 valence electrons. The number of aryl methyl sites for hydroxylation is 1. The van der Waals surface area contributed by atoms with Gasteiger partial charge in [-0.3, -0.25) is 13.9 Å². The molecule has 0 atom stereocenters. The monoisotopic (exact) mass is 758 g/mol. The highest BCUT2D eigenvalue weighted by molar-refractivity contribution is 6.76. The van der Waals surface area contributed by atoms with Gasteiger partial charge in [-0.05, 0) is 78.3 Å². The second kappa shape index (κ2) is 15.6. The number of carbonyl (C=O) groups excluding carboxylic acids is 2. The molecule has 2 aromatic carbocycles. The number of ether oxygens (including phenoxy) is 3. The Morgan fingerprint density at radius 1 is 0.944 bits per heavy atom. The Kier molecular flexibility index (Phi) is 11.5. The summed E-state index contributed by atoms with van der Waals surface area (Å²) in [6, 6.07) is 12.9. The number of phenols is 1. The van der Waals surface area contributed by atoms with Gasteiger partial charge >= 0.3 is 12.2 Å². The number of hydrogen-bond donors (Lipinski definition) is 2. The molecule has 5 aromatic rings. The maximum Gasteiger partial charge on any atom is 0.427 e.